The van der Waals surface area contributed by atoms with Gasteiger partial charge in [-0.2, -0.15) is 0 Å². The number of hydrogen-bond donors (Lipinski definition) is 2. The van der Waals surface area contributed by atoms with Crippen molar-refractivity contribution in [2.75, 3.05) is 5.32 Å². The van der Waals surface area contributed by atoms with E-state index in [9.17, 15) is 4.79 Å². The molecule has 0 saturated heterocycles. The molecule has 1 aromatic carbocycles. The summed E-state index contributed by atoms with van der Waals surface area (Å²) in [6.45, 7) is 2.61. The number of carbonyl (C=O) groups excluding carboxylic acids is 1. The predicted octanol–water partition coefficient (Wildman–Crippen LogP) is 2.82. The van der Waals surface area contributed by atoms with Gasteiger partial charge in [0, 0.05) is 24.3 Å². The van der Waals surface area contributed by atoms with Gasteiger partial charge in [-0.1, -0.05) is 23.7 Å². The Hall–Kier alpha value is -3.19. The lowest BCUT2D eigenvalue weighted by atomic mass is 9.91. The van der Waals surface area contributed by atoms with Crippen molar-refractivity contribution in [3.8, 4) is 0 Å². The first kappa shape index (κ1) is 17.2. The molecule has 0 saturated carbocycles. The maximum absolute atomic E-state index is 12.4. The summed E-state index contributed by atoms with van der Waals surface area (Å²) < 4.78 is 1.98. The standard InChI is InChI=1S/C19H17ClN6O/c1-19(11-26-8-7-22-17(26)16(21)25-19)12-3-2-4-14(9-12)24-18(27)15-6-5-13(20)10-23-15/h2-10H,11H2,1H3,(H2,21,25)(H,24,27). The Morgan fingerprint density at radius 3 is 2.93 bits per heavy atom. The zero-order chi connectivity index (χ0) is 19.0. The van der Waals surface area contributed by atoms with Crippen molar-refractivity contribution in [3.05, 3.63) is 77.1 Å². The van der Waals surface area contributed by atoms with E-state index in [0.29, 0.717) is 34.6 Å². The molecule has 1 unspecified atom stereocenters. The van der Waals surface area contributed by atoms with E-state index in [-0.39, 0.29) is 5.91 Å². The van der Waals surface area contributed by atoms with Gasteiger partial charge in [0.05, 0.1) is 11.6 Å². The highest BCUT2D eigenvalue weighted by atomic mass is 35.5. The number of nitrogens with two attached hydrogens (primary N) is 1. The molecule has 4 rings (SSSR count). The summed E-state index contributed by atoms with van der Waals surface area (Å²) in [5.74, 6) is 0.761. The first-order valence-electron chi connectivity index (χ1n) is 8.35. The molecule has 0 spiro atoms. The smallest absolute Gasteiger partial charge is 0.274 e. The Morgan fingerprint density at radius 1 is 1.30 bits per heavy atom. The Balaban J connectivity index is 1.60. The average molecular weight is 381 g/mol. The molecule has 1 amide bonds. The van der Waals surface area contributed by atoms with Gasteiger partial charge in [-0.05, 0) is 36.8 Å². The third-order valence-electron chi connectivity index (χ3n) is 4.49. The third kappa shape index (κ3) is 3.29. The van der Waals surface area contributed by atoms with E-state index in [2.05, 4.69) is 20.3 Å². The number of anilines is 1. The van der Waals surface area contributed by atoms with Crippen LogP contribution >= 0.6 is 11.6 Å². The molecule has 0 aliphatic carbocycles. The van der Waals surface area contributed by atoms with Crippen molar-refractivity contribution in [2.24, 2.45) is 10.7 Å². The quantitative estimate of drug-likeness (QED) is 0.729. The summed E-state index contributed by atoms with van der Waals surface area (Å²) in [6.07, 6.45) is 5.03. The van der Waals surface area contributed by atoms with Crippen molar-refractivity contribution < 1.29 is 4.79 Å². The van der Waals surface area contributed by atoms with Crippen LogP contribution < -0.4 is 11.1 Å². The van der Waals surface area contributed by atoms with Gasteiger partial charge in [0.1, 0.15) is 11.2 Å². The minimum Gasteiger partial charge on any atom is -0.381 e. The van der Waals surface area contributed by atoms with Crippen LogP contribution in [0.5, 0.6) is 0 Å². The first-order chi connectivity index (χ1) is 12.9. The highest BCUT2D eigenvalue weighted by Crippen LogP contribution is 2.32. The van der Waals surface area contributed by atoms with Crippen molar-refractivity contribution in [1.29, 1.82) is 0 Å². The molecule has 3 aromatic rings. The number of nitrogens with one attached hydrogen (secondary N) is 1. The van der Waals surface area contributed by atoms with Gasteiger partial charge in [0.2, 0.25) is 0 Å². The number of benzene rings is 1. The number of imidazole rings is 1. The molecule has 136 valence electrons. The van der Waals surface area contributed by atoms with E-state index in [0.717, 1.165) is 5.56 Å². The molecule has 0 radical (unpaired) electrons. The monoisotopic (exact) mass is 380 g/mol. The van der Waals surface area contributed by atoms with Crippen molar-refractivity contribution in [2.45, 2.75) is 19.0 Å². The number of fused-ring (bicyclic) bond motifs is 1. The minimum absolute atomic E-state index is 0.291. The second kappa shape index (κ2) is 6.51. The molecule has 1 aliphatic rings. The van der Waals surface area contributed by atoms with E-state index in [4.69, 9.17) is 17.3 Å². The lowest BCUT2D eigenvalue weighted by Crippen LogP contribution is -2.37. The molecule has 3 N–H and O–H groups in total. The highest BCUT2D eigenvalue weighted by molar-refractivity contribution is 6.30. The van der Waals surface area contributed by atoms with Crippen LogP contribution in [-0.4, -0.2) is 26.3 Å². The fourth-order valence-corrected chi connectivity index (χ4v) is 3.26. The van der Waals surface area contributed by atoms with Gasteiger partial charge in [-0.15, -0.1) is 0 Å². The number of aromatic nitrogens is 3. The number of carbonyl (C=O) groups is 1. The number of amides is 1. The molecule has 1 aliphatic heterocycles. The lowest BCUT2D eigenvalue weighted by molar-refractivity contribution is 0.102. The molecule has 2 aromatic heterocycles. The van der Waals surface area contributed by atoms with Crippen molar-refractivity contribution in [3.63, 3.8) is 0 Å². The summed E-state index contributed by atoms with van der Waals surface area (Å²) in [7, 11) is 0. The number of rotatable bonds is 3. The predicted molar refractivity (Wildman–Crippen MR) is 104 cm³/mol. The van der Waals surface area contributed by atoms with Crippen LogP contribution in [0.4, 0.5) is 5.69 Å². The largest absolute Gasteiger partial charge is 0.381 e. The van der Waals surface area contributed by atoms with E-state index in [1.807, 2.05) is 42.0 Å². The van der Waals surface area contributed by atoms with Crippen molar-refractivity contribution in [1.82, 2.24) is 14.5 Å². The van der Waals surface area contributed by atoms with Crippen molar-refractivity contribution >= 4 is 29.0 Å². The molecule has 3 heterocycles. The Bertz CT molecular complexity index is 1040. The van der Waals surface area contributed by atoms with Crippen LogP contribution in [0.1, 0.15) is 28.8 Å². The molecule has 27 heavy (non-hydrogen) atoms. The zero-order valence-corrected chi connectivity index (χ0v) is 15.3. The Kier molecular flexibility index (Phi) is 4.16. The summed E-state index contributed by atoms with van der Waals surface area (Å²) in [5.41, 5.74) is 7.41. The van der Waals surface area contributed by atoms with Gasteiger partial charge in [0.25, 0.3) is 5.91 Å². The number of hydrogen-bond acceptors (Lipinski definition) is 5. The van der Waals surface area contributed by atoms with Gasteiger partial charge in [-0.25, -0.2) is 9.97 Å². The molecule has 8 heteroatoms. The summed E-state index contributed by atoms with van der Waals surface area (Å²) in [4.78, 5) is 25.3. The summed E-state index contributed by atoms with van der Waals surface area (Å²) in [6, 6.07) is 10.8. The van der Waals surface area contributed by atoms with Crippen LogP contribution in [0.25, 0.3) is 0 Å². The normalized spacial score (nSPS) is 18.5. The highest BCUT2D eigenvalue weighted by Gasteiger charge is 2.32. The summed E-state index contributed by atoms with van der Waals surface area (Å²) >= 11 is 5.81. The van der Waals surface area contributed by atoms with Crippen LogP contribution in [0.2, 0.25) is 5.02 Å². The molecule has 0 fully saturated rings. The van der Waals surface area contributed by atoms with Gasteiger partial charge < -0.3 is 15.6 Å². The lowest BCUT2D eigenvalue weighted by Gasteiger charge is -2.31. The molecule has 0 bridgehead atoms. The number of amidine groups is 1. The third-order valence-corrected chi connectivity index (χ3v) is 4.72. The number of aliphatic imine (C=N–C) groups is 1. The molecule has 1 atom stereocenters. The second-order valence-electron chi connectivity index (χ2n) is 6.55. The topological polar surface area (TPSA) is 98.2 Å². The van der Waals surface area contributed by atoms with Crippen LogP contribution in [0, 0.1) is 0 Å². The molecule has 7 nitrogen and oxygen atoms in total. The maximum atomic E-state index is 12.4. The SMILES string of the molecule is CC1(c2cccc(NC(=O)c3ccc(Cl)cn3)c2)Cn2ccnc2C(N)=N1. The van der Waals surface area contributed by atoms with E-state index in [1.165, 1.54) is 6.20 Å². The van der Waals surface area contributed by atoms with E-state index < -0.39 is 5.54 Å². The fourth-order valence-electron chi connectivity index (χ4n) is 3.15. The van der Waals surface area contributed by atoms with Crippen LogP contribution in [0.15, 0.2) is 60.0 Å². The number of nitrogens with zero attached hydrogens (tertiary/aromatic N) is 4. The molecular weight excluding hydrogens is 364 g/mol. The number of halogens is 1. The summed E-state index contributed by atoms with van der Waals surface area (Å²) in [5, 5.41) is 3.34. The van der Waals surface area contributed by atoms with Crippen LogP contribution in [-0.2, 0) is 12.1 Å². The number of pyridine rings is 1. The second-order valence-corrected chi connectivity index (χ2v) is 6.98. The first-order valence-corrected chi connectivity index (χ1v) is 8.73. The van der Waals surface area contributed by atoms with Gasteiger partial charge >= 0.3 is 0 Å². The van der Waals surface area contributed by atoms with E-state index >= 15 is 0 Å². The zero-order valence-electron chi connectivity index (χ0n) is 14.6. The van der Waals surface area contributed by atoms with Crippen LogP contribution in [0.3, 0.4) is 0 Å². The Labute approximate surface area is 160 Å². The molecular formula is C19H17ClN6O. The average Bonchev–Trinajstić information content (AvgIpc) is 3.11. The van der Waals surface area contributed by atoms with Gasteiger partial charge in [0.15, 0.2) is 11.7 Å². The van der Waals surface area contributed by atoms with Gasteiger partial charge in [-0.3, -0.25) is 9.79 Å². The maximum Gasteiger partial charge on any atom is 0.274 e. The fraction of sp³-hybridized carbons (Fsp3) is 0.158. The minimum atomic E-state index is -0.558. The Morgan fingerprint density at radius 2 is 2.15 bits per heavy atom. The van der Waals surface area contributed by atoms with E-state index in [1.54, 1.807) is 18.3 Å².